The standard InChI is InChI=1S/C23H27NO4/c1-2-26-19-7-9-20(10-8-19)27-17-22(25)24-15-13-23(14-16-24)12-11-18-5-3-4-6-21(18)28-23/h3-10H,2,11-17H2,1H3. The molecular weight excluding hydrogens is 354 g/mol. The van der Waals surface area contributed by atoms with Crippen molar-refractivity contribution in [2.45, 2.75) is 38.2 Å². The fourth-order valence-corrected chi connectivity index (χ4v) is 4.01. The minimum atomic E-state index is -0.124. The lowest BCUT2D eigenvalue weighted by atomic mass is 9.83. The summed E-state index contributed by atoms with van der Waals surface area (Å²) in [6, 6.07) is 15.6. The second-order valence-corrected chi connectivity index (χ2v) is 7.47. The molecule has 4 rings (SSSR count). The summed E-state index contributed by atoms with van der Waals surface area (Å²) in [4.78, 5) is 14.4. The van der Waals surface area contributed by atoms with E-state index in [0.717, 1.165) is 37.2 Å². The lowest BCUT2D eigenvalue weighted by molar-refractivity contribution is -0.137. The summed E-state index contributed by atoms with van der Waals surface area (Å²) in [5, 5.41) is 0. The van der Waals surface area contributed by atoms with Crippen LogP contribution in [0.25, 0.3) is 0 Å². The van der Waals surface area contributed by atoms with Gasteiger partial charge in [0.05, 0.1) is 6.61 Å². The minimum Gasteiger partial charge on any atom is -0.494 e. The molecule has 2 aromatic rings. The number of likely N-dealkylation sites (tertiary alicyclic amines) is 1. The molecule has 1 saturated heterocycles. The minimum absolute atomic E-state index is 0.0277. The Morgan fingerprint density at radius 2 is 1.68 bits per heavy atom. The Balaban J connectivity index is 1.27. The van der Waals surface area contributed by atoms with Gasteiger partial charge in [-0.1, -0.05) is 18.2 Å². The predicted octanol–water partition coefficient (Wildman–Crippen LogP) is 3.85. The molecule has 0 N–H and O–H groups in total. The Morgan fingerprint density at radius 3 is 2.39 bits per heavy atom. The molecule has 0 atom stereocenters. The fraction of sp³-hybridized carbons (Fsp3) is 0.435. The van der Waals surface area contributed by atoms with Crippen molar-refractivity contribution in [3.8, 4) is 17.2 Å². The van der Waals surface area contributed by atoms with Gasteiger partial charge in [0.15, 0.2) is 6.61 Å². The maximum absolute atomic E-state index is 12.5. The van der Waals surface area contributed by atoms with Crippen molar-refractivity contribution in [3.05, 3.63) is 54.1 Å². The maximum atomic E-state index is 12.5. The Morgan fingerprint density at radius 1 is 1.00 bits per heavy atom. The molecule has 2 heterocycles. The first-order valence-corrected chi connectivity index (χ1v) is 10.1. The number of piperidine rings is 1. The lowest BCUT2D eigenvalue weighted by Gasteiger charge is -2.44. The third kappa shape index (κ3) is 4.08. The molecule has 2 aromatic carbocycles. The lowest BCUT2D eigenvalue weighted by Crippen LogP contribution is -2.52. The summed E-state index contributed by atoms with van der Waals surface area (Å²) in [6.45, 7) is 4.07. The molecule has 1 fully saturated rings. The van der Waals surface area contributed by atoms with Crippen LogP contribution in [-0.4, -0.2) is 42.7 Å². The molecule has 5 heteroatoms. The first-order chi connectivity index (χ1) is 13.7. The van der Waals surface area contributed by atoms with Crippen LogP contribution >= 0.6 is 0 Å². The van der Waals surface area contributed by atoms with E-state index >= 15 is 0 Å². The fourth-order valence-electron chi connectivity index (χ4n) is 4.01. The number of para-hydroxylation sites is 1. The van der Waals surface area contributed by atoms with Crippen LogP contribution in [0.5, 0.6) is 17.2 Å². The monoisotopic (exact) mass is 381 g/mol. The predicted molar refractivity (Wildman–Crippen MR) is 107 cm³/mol. The Labute approximate surface area is 166 Å². The molecule has 1 amide bonds. The summed E-state index contributed by atoms with van der Waals surface area (Å²) >= 11 is 0. The molecule has 0 aliphatic carbocycles. The number of hydrogen-bond donors (Lipinski definition) is 0. The summed E-state index contributed by atoms with van der Waals surface area (Å²) in [6.07, 6.45) is 3.81. The average Bonchev–Trinajstić information content (AvgIpc) is 2.74. The number of aryl methyl sites for hydroxylation is 1. The van der Waals surface area contributed by atoms with E-state index in [4.69, 9.17) is 14.2 Å². The van der Waals surface area contributed by atoms with Crippen LogP contribution in [0.15, 0.2) is 48.5 Å². The molecule has 0 radical (unpaired) electrons. The van der Waals surface area contributed by atoms with Gasteiger partial charge in [0.2, 0.25) is 0 Å². The van der Waals surface area contributed by atoms with Crippen LogP contribution in [0.2, 0.25) is 0 Å². The van der Waals surface area contributed by atoms with Crippen molar-refractivity contribution < 1.29 is 19.0 Å². The second kappa shape index (κ2) is 8.13. The first kappa shape index (κ1) is 18.7. The number of rotatable bonds is 5. The van der Waals surface area contributed by atoms with Crippen molar-refractivity contribution in [3.63, 3.8) is 0 Å². The molecule has 2 aliphatic rings. The highest BCUT2D eigenvalue weighted by Crippen LogP contribution is 2.39. The zero-order valence-electron chi connectivity index (χ0n) is 16.4. The zero-order valence-corrected chi connectivity index (χ0v) is 16.4. The van der Waals surface area contributed by atoms with Gasteiger partial charge in [-0.15, -0.1) is 0 Å². The van der Waals surface area contributed by atoms with Gasteiger partial charge in [-0.05, 0) is 55.7 Å². The van der Waals surface area contributed by atoms with Crippen LogP contribution in [-0.2, 0) is 11.2 Å². The SMILES string of the molecule is CCOc1ccc(OCC(=O)N2CCC3(CCc4ccccc4O3)CC2)cc1. The summed E-state index contributed by atoms with van der Waals surface area (Å²) in [7, 11) is 0. The normalized spacial score (nSPS) is 17.5. The number of nitrogens with zero attached hydrogens (tertiary/aromatic N) is 1. The Bertz CT molecular complexity index is 810. The van der Waals surface area contributed by atoms with Crippen molar-refractivity contribution in [1.82, 2.24) is 4.90 Å². The third-order valence-electron chi connectivity index (χ3n) is 5.67. The summed E-state index contributed by atoms with van der Waals surface area (Å²) in [5.41, 5.74) is 1.16. The van der Waals surface area contributed by atoms with Gasteiger partial charge in [-0.25, -0.2) is 0 Å². The first-order valence-electron chi connectivity index (χ1n) is 10.1. The molecule has 148 valence electrons. The Kier molecular flexibility index (Phi) is 5.42. The van der Waals surface area contributed by atoms with Crippen molar-refractivity contribution in [1.29, 1.82) is 0 Å². The quantitative estimate of drug-likeness (QED) is 0.789. The number of amides is 1. The number of hydrogen-bond acceptors (Lipinski definition) is 4. The highest BCUT2D eigenvalue weighted by Gasteiger charge is 2.40. The van der Waals surface area contributed by atoms with E-state index in [1.54, 1.807) is 0 Å². The number of benzene rings is 2. The number of ether oxygens (including phenoxy) is 3. The molecule has 0 aromatic heterocycles. The van der Waals surface area contributed by atoms with Gasteiger partial charge in [-0.3, -0.25) is 4.79 Å². The molecule has 1 spiro atoms. The number of fused-ring (bicyclic) bond motifs is 1. The van der Waals surface area contributed by atoms with Gasteiger partial charge in [0, 0.05) is 25.9 Å². The van der Waals surface area contributed by atoms with Gasteiger partial charge >= 0.3 is 0 Å². The van der Waals surface area contributed by atoms with Crippen molar-refractivity contribution in [2.75, 3.05) is 26.3 Å². The van der Waals surface area contributed by atoms with Gasteiger partial charge in [-0.2, -0.15) is 0 Å². The molecular formula is C23H27NO4. The third-order valence-corrected chi connectivity index (χ3v) is 5.67. The van der Waals surface area contributed by atoms with E-state index in [1.807, 2.05) is 42.2 Å². The zero-order chi connectivity index (χ0) is 19.4. The van der Waals surface area contributed by atoms with Crippen molar-refractivity contribution >= 4 is 5.91 Å². The highest BCUT2D eigenvalue weighted by atomic mass is 16.5. The van der Waals surface area contributed by atoms with E-state index in [2.05, 4.69) is 18.2 Å². The van der Waals surface area contributed by atoms with E-state index in [0.29, 0.717) is 25.4 Å². The van der Waals surface area contributed by atoms with Gasteiger partial charge in [0.1, 0.15) is 22.8 Å². The molecule has 0 saturated carbocycles. The van der Waals surface area contributed by atoms with Gasteiger partial charge in [0.25, 0.3) is 5.91 Å². The number of carbonyl (C=O) groups is 1. The average molecular weight is 381 g/mol. The largest absolute Gasteiger partial charge is 0.494 e. The highest BCUT2D eigenvalue weighted by molar-refractivity contribution is 5.77. The van der Waals surface area contributed by atoms with Crippen LogP contribution in [0.1, 0.15) is 31.7 Å². The molecule has 2 aliphatic heterocycles. The molecule has 5 nitrogen and oxygen atoms in total. The summed E-state index contributed by atoms with van der Waals surface area (Å²) in [5.74, 6) is 2.52. The van der Waals surface area contributed by atoms with E-state index < -0.39 is 0 Å². The van der Waals surface area contributed by atoms with E-state index in [1.165, 1.54) is 5.56 Å². The molecule has 0 bridgehead atoms. The molecule has 28 heavy (non-hydrogen) atoms. The van der Waals surface area contributed by atoms with Crippen LogP contribution in [0.4, 0.5) is 0 Å². The van der Waals surface area contributed by atoms with Crippen LogP contribution in [0.3, 0.4) is 0 Å². The topological polar surface area (TPSA) is 48.0 Å². The van der Waals surface area contributed by atoms with E-state index in [-0.39, 0.29) is 18.1 Å². The van der Waals surface area contributed by atoms with E-state index in [9.17, 15) is 4.79 Å². The van der Waals surface area contributed by atoms with Crippen molar-refractivity contribution in [2.24, 2.45) is 0 Å². The number of carbonyl (C=O) groups excluding carboxylic acids is 1. The molecule has 0 unspecified atom stereocenters. The van der Waals surface area contributed by atoms with Crippen LogP contribution < -0.4 is 14.2 Å². The maximum Gasteiger partial charge on any atom is 0.260 e. The Hall–Kier alpha value is -2.69. The summed E-state index contributed by atoms with van der Waals surface area (Å²) < 4.78 is 17.4. The van der Waals surface area contributed by atoms with Crippen LogP contribution in [0, 0.1) is 0 Å². The second-order valence-electron chi connectivity index (χ2n) is 7.47. The smallest absolute Gasteiger partial charge is 0.260 e. The van der Waals surface area contributed by atoms with Gasteiger partial charge < -0.3 is 19.1 Å².